The van der Waals surface area contributed by atoms with Crippen LogP contribution in [0.25, 0.3) is 0 Å². The van der Waals surface area contributed by atoms with Crippen LogP contribution in [-0.2, 0) is 6.42 Å². The van der Waals surface area contributed by atoms with Gasteiger partial charge in [0.15, 0.2) is 0 Å². The molecule has 88 valence electrons. The molecule has 0 amide bonds. The summed E-state index contributed by atoms with van der Waals surface area (Å²) in [5, 5.41) is 6.99. The van der Waals surface area contributed by atoms with Gasteiger partial charge in [-0.25, -0.2) is 8.78 Å². The molecule has 0 fully saturated rings. The quantitative estimate of drug-likeness (QED) is 0.465. The highest BCUT2D eigenvalue weighted by molar-refractivity contribution is 7.80. The lowest BCUT2D eigenvalue weighted by atomic mass is 10.0. The third kappa shape index (κ3) is 2.75. The van der Waals surface area contributed by atoms with Crippen molar-refractivity contribution in [3.63, 3.8) is 0 Å². The first-order valence-corrected chi connectivity index (χ1v) is 4.81. The molecule has 0 radical (unpaired) electrons. The standard InChI is InChI=1S/C10H9F4NS/c11-9(12)10(13,14)8(15)5-6-3-1-2-4-7(6)16/h1-4,9,15-16H,5H2. The lowest BCUT2D eigenvalue weighted by Gasteiger charge is -2.16. The maximum atomic E-state index is 12.8. The fourth-order valence-corrected chi connectivity index (χ4v) is 1.34. The zero-order chi connectivity index (χ0) is 12.3. The van der Waals surface area contributed by atoms with Crippen LogP contribution in [-0.4, -0.2) is 18.1 Å². The van der Waals surface area contributed by atoms with Crippen molar-refractivity contribution in [2.24, 2.45) is 0 Å². The topological polar surface area (TPSA) is 23.9 Å². The SMILES string of the molecule is N=C(Cc1ccccc1S)C(F)(F)C(F)F. The third-order valence-corrected chi connectivity index (χ3v) is 2.47. The Bertz CT molecular complexity index is 392. The molecule has 1 nitrogen and oxygen atoms in total. The Hall–Kier alpha value is -1.04. The highest BCUT2D eigenvalue weighted by Gasteiger charge is 2.45. The number of nitrogens with one attached hydrogen (secondary N) is 1. The average molecular weight is 251 g/mol. The van der Waals surface area contributed by atoms with E-state index < -0.39 is 24.5 Å². The van der Waals surface area contributed by atoms with Gasteiger partial charge in [-0.15, -0.1) is 12.6 Å². The van der Waals surface area contributed by atoms with Gasteiger partial charge < -0.3 is 5.41 Å². The molecule has 0 aliphatic carbocycles. The van der Waals surface area contributed by atoms with Crippen LogP contribution in [0.15, 0.2) is 29.2 Å². The summed E-state index contributed by atoms with van der Waals surface area (Å²) in [6, 6.07) is 6.23. The van der Waals surface area contributed by atoms with Gasteiger partial charge in [0.25, 0.3) is 0 Å². The third-order valence-electron chi connectivity index (χ3n) is 2.04. The fraction of sp³-hybridized carbons (Fsp3) is 0.300. The maximum absolute atomic E-state index is 12.8. The molecule has 0 saturated heterocycles. The molecule has 0 unspecified atom stereocenters. The molecule has 0 aliphatic heterocycles. The van der Waals surface area contributed by atoms with Crippen molar-refractivity contribution in [3.05, 3.63) is 29.8 Å². The van der Waals surface area contributed by atoms with Crippen LogP contribution in [0.3, 0.4) is 0 Å². The van der Waals surface area contributed by atoms with E-state index in [0.29, 0.717) is 10.5 Å². The molecule has 0 bridgehead atoms. The minimum atomic E-state index is -4.38. The van der Waals surface area contributed by atoms with Gasteiger partial charge >= 0.3 is 12.3 Å². The van der Waals surface area contributed by atoms with Crippen molar-refractivity contribution >= 4 is 18.3 Å². The van der Waals surface area contributed by atoms with E-state index in [1.54, 1.807) is 18.2 Å². The summed E-state index contributed by atoms with van der Waals surface area (Å²) < 4.78 is 49.4. The predicted molar refractivity (Wildman–Crippen MR) is 56.1 cm³/mol. The smallest absolute Gasteiger partial charge is 0.303 e. The maximum Gasteiger partial charge on any atom is 0.344 e. The number of benzene rings is 1. The van der Waals surface area contributed by atoms with Gasteiger partial charge in [0.2, 0.25) is 0 Å². The molecule has 1 aromatic carbocycles. The summed E-state index contributed by atoms with van der Waals surface area (Å²) in [6.07, 6.45) is -4.39. The van der Waals surface area contributed by atoms with E-state index in [1.165, 1.54) is 6.07 Å². The number of hydrogen-bond acceptors (Lipinski definition) is 2. The lowest BCUT2D eigenvalue weighted by Crippen LogP contribution is -2.37. The largest absolute Gasteiger partial charge is 0.344 e. The fourth-order valence-electron chi connectivity index (χ4n) is 1.10. The minimum absolute atomic E-state index is 0.330. The van der Waals surface area contributed by atoms with Gasteiger partial charge in [0, 0.05) is 11.3 Å². The number of rotatable bonds is 4. The Morgan fingerprint density at radius 1 is 1.31 bits per heavy atom. The van der Waals surface area contributed by atoms with E-state index in [-0.39, 0.29) is 0 Å². The lowest BCUT2D eigenvalue weighted by molar-refractivity contribution is -0.0764. The van der Waals surface area contributed by atoms with Crippen molar-refractivity contribution in [2.75, 3.05) is 0 Å². The van der Waals surface area contributed by atoms with Crippen molar-refractivity contribution in [2.45, 2.75) is 23.7 Å². The second-order valence-corrected chi connectivity index (χ2v) is 3.69. The highest BCUT2D eigenvalue weighted by atomic mass is 32.1. The van der Waals surface area contributed by atoms with Gasteiger partial charge in [0.05, 0.1) is 5.71 Å². The van der Waals surface area contributed by atoms with Crippen molar-refractivity contribution in [1.82, 2.24) is 0 Å². The van der Waals surface area contributed by atoms with Crippen molar-refractivity contribution in [3.8, 4) is 0 Å². The first-order valence-electron chi connectivity index (χ1n) is 4.36. The molecule has 0 heterocycles. The van der Waals surface area contributed by atoms with Crippen molar-refractivity contribution < 1.29 is 17.6 Å². The van der Waals surface area contributed by atoms with Crippen LogP contribution >= 0.6 is 12.6 Å². The monoisotopic (exact) mass is 251 g/mol. The Labute approximate surface area is 95.4 Å². The van der Waals surface area contributed by atoms with Crippen LogP contribution in [0.1, 0.15) is 5.56 Å². The van der Waals surface area contributed by atoms with E-state index in [4.69, 9.17) is 5.41 Å². The van der Waals surface area contributed by atoms with Gasteiger partial charge in [-0.05, 0) is 11.6 Å². The van der Waals surface area contributed by atoms with E-state index in [0.717, 1.165) is 0 Å². The van der Waals surface area contributed by atoms with E-state index >= 15 is 0 Å². The summed E-state index contributed by atoms with van der Waals surface area (Å²) >= 11 is 3.99. The number of hydrogen-bond donors (Lipinski definition) is 2. The Morgan fingerprint density at radius 3 is 2.38 bits per heavy atom. The summed E-state index contributed by atoms with van der Waals surface area (Å²) in [5.74, 6) is -4.38. The average Bonchev–Trinajstić information content (AvgIpc) is 2.21. The predicted octanol–water partition coefficient (Wildman–Crippen LogP) is 3.44. The summed E-state index contributed by atoms with van der Waals surface area (Å²) in [5.41, 5.74) is -0.972. The molecule has 0 aromatic heterocycles. The first kappa shape index (κ1) is 13.0. The van der Waals surface area contributed by atoms with Crippen LogP contribution in [0.4, 0.5) is 17.6 Å². The Balaban J connectivity index is 2.84. The normalized spacial score (nSPS) is 11.9. The Morgan fingerprint density at radius 2 is 1.88 bits per heavy atom. The van der Waals surface area contributed by atoms with Crippen molar-refractivity contribution in [1.29, 1.82) is 5.41 Å². The molecule has 1 aromatic rings. The van der Waals surface area contributed by atoms with Crippen LogP contribution in [0, 0.1) is 5.41 Å². The van der Waals surface area contributed by atoms with Crippen LogP contribution < -0.4 is 0 Å². The molecule has 1 rings (SSSR count). The van der Waals surface area contributed by atoms with Gasteiger partial charge in [-0.2, -0.15) is 8.78 Å². The number of alkyl halides is 4. The molecule has 6 heteroatoms. The molecule has 1 N–H and O–H groups in total. The zero-order valence-corrected chi connectivity index (χ0v) is 8.95. The summed E-state index contributed by atoms with van der Waals surface area (Å²) in [7, 11) is 0. The molecule has 0 aliphatic rings. The second-order valence-electron chi connectivity index (χ2n) is 3.21. The number of thiol groups is 1. The Kier molecular flexibility index (Phi) is 3.96. The minimum Gasteiger partial charge on any atom is -0.303 e. The van der Waals surface area contributed by atoms with Crippen LogP contribution in [0.2, 0.25) is 0 Å². The van der Waals surface area contributed by atoms with E-state index in [1.807, 2.05) is 0 Å². The first-order chi connectivity index (χ1) is 7.35. The summed E-state index contributed by atoms with van der Waals surface area (Å²) in [4.78, 5) is 0.400. The molecule has 0 atom stereocenters. The molecule has 0 spiro atoms. The molecule has 0 saturated carbocycles. The van der Waals surface area contributed by atoms with Crippen LogP contribution in [0.5, 0.6) is 0 Å². The second kappa shape index (κ2) is 4.86. The summed E-state index contributed by atoms with van der Waals surface area (Å²) in [6.45, 7) is 0. The number of halogens is 4. The van der Waals surface area contributed by atoms with Gasteiger partial charge in [-0.1, -0.05) is 18.2 Å². The molecular weight excluding hydrogens is 242 g/mol. The molecule has 16 heavy (non-hydrogen) atoms. The van der Waals surface area contributed by atoms with E-state index in [9.17, 15) is 17.6 Å². The van der Waals surface area contributed by atoms with Gasteiger partial charge in [-0.3, -0.25) is 0 Å². The molecular formula is C10H9F4NS. The highest BCUT2D eigenvalue weighted by Crippen LogP contribution is 2.26. The zero-order valence-electron chi connectivity index (χ0n) is 8.05. The van der Waals surface area contributed by atoms with Gasteiger partial charge in [0.1, 0.15) is 0 Å². The van der Waals surface area contributed by atoms with E-state index in [2.05, 4.69) is 12.6 Å².